The van der Waals surface area contributed by atoms with Crippen LogP contribution < -0.4 is 0 Å². The Morgan fingerprint density at radius 1 is 1.03 bits per heavy atom. The molecule has 0 nitrogen and oxygen atoms in total. The summed E-state index contributed by atoms with van der Waals surface area (Å²) in [6, 6.07) is 1.62. The molecular formula is C25H32F4. The van der Waals surface area contributed by atoms with Crippen LogP contribution in [0.15, 0.2) is 18.2 Å². The van der Waals surface area contributed by atoms with E-state index in [-0.39, 0.29) is 23.5 Å². The maximum absolute atomic E-state index is 15.4. The second kappa shape index (κ2) is 8.81. The lowest BCUT2D eigenvalue weighted by molar-refractivity contribution is 0.130. The van der Waals surface area contributed by atoms with E-state index in [0.29, 0.717) is 23.3 Å². The van der Waals surface area contributed by atoms with Crippen LogP contribution in [0.4, 0.5) is 17.6 Å². The Morgan fingerprint density at radius 3 is 2.55 bits per heavy atom. The predicted molar refractivity (Wildman–Crippen MR) is 108 cm³/mol. The van der Waals surface area contributed by atoms with Gasteiger partial charge in [-0.1, -0.05) is 19.8 Å². The summed E-state index contributed by atoms with van der Waals surface area (Å²) in [7, 11) is 0. The van der Waals surface area contributed by atoms with E-state index < -0.39 is 6.08 Å². The molecule has 160 valence electrons. The van der Waals surface area contributed by atoms with Gasteiger partial charge in [-0.05, 0) is 111 Å². The molecule has 0 heterocycles. The van der Waals surface area contributed by atoms with Crippen LogP contribution in [-0.4, -0.2) is 0 Å². The van der Waals surface area contributed by atoms with Crippen LogP contribution in [0.5, 0.6) is 0 Å². The van der Waals surface area contributed by atoms with Crippen molar-refractivity contribution in [1.29, 1.82) is 0 Å². The Labute approximate surface area is 171 Å². The Bertz CT molecular complexity index is 765. The summed E-state index contributed by atoms with van der Waals surface area (Å²) in [6.45, 7) is 2.16. The highest BCUT2D eigenvalue weighted by atomic mass is 19.3. The van der Waals surface area contributed by atoms with Crippen LogP contribution in [-0.2, 0) is 12.8 Å². The minimum Gasteiger partial charge on any atom is -0.207 e. The van der Waals surface area contributed by atoms with E-state index in [4.69, 9.17) is 0 Å². The van der Waals surface area contributed by atoms with Crippen LogP contribution in [0.1, 0.15) is 87.3 Å². The Morgan fingerprint density at radius 2 is 1.79 bits per heavy atom. The summed E-state index contributed by atoms with van der Waals surface area (Å²) < 4.78 is 55.6. The molecule has 0 radical (unpaired) electrons. The fourth-order valence-electron chi connectivity index (χ4n) is 6.49. The van der Waals surface area contributed by atoms with Gasteiger partial charge < -0.3 is 0 Å². The molecule has 0 saturated heterocycles. The summed E-state index contributed by atoms with van der Waals surface area (Å²) in [5.41, 5.74) is 1.94. The van der Waals surface area contributed by atoms with Crippen molar-refractivity contribution >= 4 is 0 Å². The van der Waals surface area contributed by atoms with Crippen molar-refractivity contribution < 1.29 is 17.6 Å². The molecule has 0 amide bonds. The maximum atomic E-state index is 15.4. The largest absolute Gasteiger partial charge is 0.266 e. The molecule has 5 unspecified atom stereocenters. The van der Waals surface area contributed by atoms with E-state index in [1.807, 2.05) is 0 Å². The molecule has 3 aliphatic carbocycles. The van der Waals surface area contributed by atoms with E-state index >= 15 is 8.78 Å². The number of halogens is 4. The smallest absolute Gasteiger partial charge is 0.207 e. The number of fused-ring (bicyclic) bond motifs is 2. The average Bonchev–Trinajstić information content (AvgIpc) is 2.67. The van der Waals surface area contributed by atoms with Gasteiger partial charge in [-0.15, -0.1) is 0 Å². The standard InChI is InChI=1S/C25H32F4/c1-2-3-15-5-9-21-20(10-15)14-22(26)24(25(21)29)19-8-7-17-11-16(12-23(27)28)4-6-18(17)13-19/h12,14-19H,2-11,13H2,1H3. The van der Waals surface area contributed by atoms with Crippen molar-refractivity contribution in [2.24, 2.45) is 23.7 Å². The molecule has 2 fully saturated rings. The quantitative estimate of drug-likeness (QED) is 0.443. The van der Waals surface area contributed by atoms with Crippen molar-refractivity contribution in [2.45, 2.75) is 83.5 Å². The fourth-order valence-corrected chi connectivity index (χ4v) is 6.49. The lowest BCUT2D eigenvalue weighted by atomic mass is 9.63. The first-order valence-electron chi connectivity index (χ1n) is 11.5. The molecular weight excluding hydrogens is 376 g/mol. The lowest BCUT2D eigenvalue weighted by Crippen LogP contribution is -2.31. The second-order valence-corrected chi connectivity index (χ2v) is 9.68. The van der Waals surface area contributed by atoms with Gasteiger partial charge in [-0.3, -0.25) is 0 Å². The molecule has 0 bridgehead atoms. The Hall–Kier alpha value is -1.32. The molecule has 0 spiro atoms. The Kier molecular flexibility index (Phi) is 6.36. The average molecular weight is 409 g/mol. The summed E-state index contributed by atoms with van der Waals surface area (Å²) in [5.74, 6) is 0.619. The van der Waals surface area contributed by atoms with Crippen LogP contribution in [0, 0.1) is 35.3 Å². The molecule has 1 aromatic rings. The third-order valence-electron chi connectivity index (χ3n) is 7.88. The van der Waals surface area contributed by atoms with Gasteiger partial charge in [0.2, 0.25) is 0 Å². The maximum Gasteiger partial charge on any atom is 0.266 e. The van der Waals surface area contributed by atoms with Crippen LogP contribution >= 0.6 is 0 Å². The monoisotopic (exact) mass is 408 g/mol. The zero-order valence-corrected chi connectivity index (χ0v) is 17.3. The van der Waals surface area contributed by atoms with E-state index in [0.717, 1.165) is 87.8 Å². The van der Waals surface area contributed by atoms with Gasteiger partial charge in [0.25, 0.3) is 6.08 Å². The van der Waals surface area contributed by atoms with Crippen molar-refractivity contribution in [2.75, 3.05) is 0 Å². The molecule has 3 aliphatic rings. The molecule has 0 aliphatic heterocycles. The van der Waals surface area contributed by atoms with Crippen molar-refractivity contribution in [3.63, 3.8) is 0 Å². The normalized spacial score (nSPS) is 31.7. The minimum atomic E-state index is -1.58. The first-order chi connectivity index (χ1) is 14.0. The highest BCUT2D eigenvalue weighted by molar-refractivity contribution is 5.39. The molecule has 2 saturated carbocycles. The number of hydrogen-bond acceptors (Lipinski definition) is 0. The number of rotatable bonds is 4. The van der Waals surface area contributed by atoms with Gasteiger partial charge in [-0.2, -0.15) is 8.78 Å². The lowest BCUT2D eigenvalue weighted by Gasteiger charge is -2.42. The van der Waals surface area contributed by atoms with Crippen LogP contribution in [0.2, 0.25) is 0 Å². The number of allylic oxidation sites excluding steroid dienone is 1. The zero-order valence-electron chi connectivity index (χ0n) is 17.3. The van der Waals surface area contributed by atoms with Crippen molar-refractivity contribution in [3.05, 3.63) is 46.5 Å². The SMILES string of the molecule is CCCC1CCc2c(cc(F)c(C3CCC4CC(C=C(F)F)CCC4C3)c2F)C1. The van der Waals surface area contributed by atoms with Crippen LogP contribution in [0.3, 0.4) is 0 Å². The van der Waals surface area contributed by atoms with E-state index in [1.165, 1.54) is 0 Å². The van der Waals surface area contributed by atoms with Gasteiger partial charge in [-0.25, -0.2) is 8.78 Å². The van der Waals surface area contributed by atoms with Gasteiger partial charge in [0.1, 0.15) is 11.6 Å². The number of benzene rings is 1. The Balaban J connectivity index is 1.50. The van der Waals surface area contributed by atoms with E-state index in [2.05, 4.69) is 6.92 Å². The van der Waals surface area contributed by atoms with Crippen LogP contribution in [0.25, 0.3) is 0 Å². The first-order valence-corrected chi connectivity index (χ1v) is 11.5. The molecule has 0 aromatic heterocycles. The summed E-state index contributed by atoms with van der Waals surface area (Å²) >= 11 is 0. The van der Waals surface area contributed by atoms with Gasteiger partial charge in [0, 0.05) is 5.56 Å². The molecule has 5 atom stereocenters. The van der Waals surface area contributed by atoms with E-state index in [1.54, 1.807) is 6.07 Å². The topological polar surface area (TPSA) is 0 Å². The third-order valence-corrected chi connectivity index (χ3v) is 7.88. The van der Waals surface area contributed by atoms with Crippen molar-refractivity contribution in [1.82, 2.24) is 0 Å². The predicted octanol–water partition coefficient (Wildman–Crippen LogP) is 7.95. The first kappa shape index (κ1) is 20.9. The summed E-state index contributed by atoms with van der Waals surface area (Å²) in [4.78, 5) is 0. The molecule has 1 aromatic carbocycles. The fraction of sp³-hybridized carbons (Fsp3) is 0.680. The minimum absolute atomic E-state index is 0.0360. The van der Waals surface area contributed by atoms with Gasteiger partial charge in [0.05, 0.1) is 0 Å². The molecule has 4 heteroatoms. The summed E-state index contributed by atoms with van der Waals surface area (Å²) in [5, 5.41) is 0. The van der Waals surface area contributed by atoms with Crippen molar-refractivity contribution in [3.8, 4) is 0 Å². The zero-order chi connectivity index (χ0) is 20.5. The van der Waals surface area contributed by atoms with Gasteiger partial charge >= 0.3 is 0 Å². The molecule has 0 N–H and O–H groups in total. The molecule has 4 rings (SSSR count). The summed E-state index contributed by atoms with van der Waals surface area (Å²) in [6.07, 6.45) is 9.18. The van der Waals surface area contributed by atoms with Gasteiger partial charge in [0.15, 0.2) is 0 Å². The highest BCUT2D eigenvalue weighted by Crippen LogP contribution is 2.49. The second-order valence-electron chi connectivity index (χ2n) is 9.68. The number of hydrogen-bond donors (Lipinski definition) is 0. The van der Waals surface area contributed by atoms with E-state index in [9.17, 15) is 8.78 Å². The molecule has 29 heavy (non-hydrogen) atoms. The third kappa shape index (κ3) is 4.41. The highest BCUT2D eigenvalue weighted by Gasteiger charge is 2.38.